The van der Waals surface area contributed by atoms with Crippen molar-refractivity contribution >= 4 is 42.3 Å². The highest BCUT2D eigenvalue weighted by atomic mass is 35.5. The molecular weight excluding hydrogens is 327 g/mol. The van der Waals surface area contributed by atoms with E-state index >= 15 is 0 Å². The summed E-state index contributed by atoms with van der Waals surface area (Å²) in [6.07, 6.45) is 0. The average molecular weight is 347 g/mol. The molecule has 0 aromatic heterocycles. The van der Waals surface area contributed by atoms with Crippen LogP contribution in [0.4, 0.5) is 5.69 Å². The number of benzene rings is 1. The molecule has 1 saturated heterocycles. The standard InChI is InChI=1S/C14H18N4O2.2ClH/c19-13(9-18-6-4-15-5-7-18)17-12-3-1-2-10-11(12)8-16-14(10)20;;/h1-3,15H,4-9H2,(H,16,20)(H,17,19);2*1H. The van der Waals surface area contributed by atoms with Gasteiger partial charge in [-0.2, -0.15) is 0 Å². The number of nitrogens with one attached hydrogen (secondary N) is 3. The molecule has 2 aliphatic heterocycles. The van der Waals surface area contributed by atoms with Crippen molar-refractivity contribution in [1.82, 2.24) is 15.5 Å². The van der Waals surface area contributed by atoms with Gasteiger partial charge in [-0.25, -0.2) is 0 Å². The van der Waals surface area contributed by atoms with Gasteiger partial charge in [-0.05, 0) is 12.1 Å². The predicted octanol–water partition coefficient (Wildman–Crippen LogP) is 0.617. The molecule has 22 heavy (non-hydrogen) atoms. The van der Waals surface area contributed by atoms with E-state index in [1.165, 1.54) is 0 Å². The van der Waals surface area contributed by atoms with Crippen molar-refractivity contribution in [3.8, 4) is 0 Å². The maximum Gasteiger partial charge on any atom is 0.251 e. The number of hydrogen-bond donors (Lipinski definition) is 3. The Kier molecular flexibility index (Phi) is 7.09. The van der Waals surface area contributed by atoms with Crippen LogP contribution in [0, 0.1) is 0 Å². The Labute approximate surface area is 141 Å². The van der Waals surface area contributed by atoms with E-state index in [9.17, 15) is 9.59 Å². The van der Waals surface area contributed by atoms with Gasteiger partial charge in [0.05, 0.1) is 6.54 Å². The van der Waals surface area contributed by atoms with Gasteiger partial charge in [0.15, 0.2) is 0 Å². The lowest BCUT2D eigenvalue weighted by Gasteiger charge is -2.26. The molecule has 1 fully saturated rings. The second-order valence-corrected chi connectivity index (χ2v) is 5.09. The summed E-state index contributed by atoms with van der Waals surface area (Å²) in [6, 6.07) is 5.42. The van der Waals surface area contributed by atoms with Crippen LogP contribution in [0.2, 0.25) is 0 Å². The lowest BCUT2D eigenvalue weighted by atomic mass is 10.1. The highest BCUT2D eigenvalue weighted by Gasteiger charge is 2.22. The van der Waals surface area contributed by atoms with E-state index in [0.29, 0.717) is 18.7 Å². The van der Waals surface area contributed by atoms with Gasteiger partial charge in [-0.3, -0.25) is 14.5 Å². The van der Waals surface area contributed by atoms with Crippen LogP contribution in [0.3, 0.4) is 0 Å². The van der Waals surface area contributed by atoms with Gasteiger partial charge in [-0.1, -0.05) is 6.07 Å². The van der Waals surface area contributed by atoms with Gasteiger partial charge in [0.2, 0.25) is 5.91 Å². The van der Waals surface area contributed by atoms with Crippen molar-refractivity contribution in [3.63, 3.8) is 0 Å². The summed E-state index contributed by atoms with van der Waals surface area (Å²) in [7, 11) is 0. The Bertz CT molecular complexity index is 548. The fourth-order valence-corrected chi connectivity index (χ4v) is 2.63. The van der Waals surface area contributed by atoms with E-state index in [1.807, 2.05) is 6.07 Å². The van der Waals surface area contributed by atoms with Gasteiger partial charge in [0.25, 0.3) is 5.91 Å². The molecule has 0 atom stereocenters. The van der Waals surface area contributed by atoms with E-state index in [2.05, 4.69) is 20.9 Å². The molecular formula is C14H20Cl2N4O2. The molecule has 3 rings (SSSR count). The third kappa shape index (κ3) is 4.10. The second-order valence-electron chi connectivity index (χ2n) is 5.09. The molecule has 2 aliphatic rings. The van der Waals surface area contributed by atoms with Gasteiger partial charge in [0.1, 0.15) is 0 Å². The number of anilines is 1. The number of nitrogens with zero attached hydrogens (tertiary/aromatic N) is 1. The first kappa shape index (κ1) is 18.7. The molecule has 122 valence electrons. The Morgan fingerprint density at radius 1 is 1.23 bits per heavy atom. The minimum absolute atomic E-state index is 0. The number of fused-ring (bicyclic) bond motifs is 1. The van der Waals surface area contributed by atoms with Crippen LogP contribution in [0.25, 0.3) is 0 Å². The maximum absolute atomic E-state index is 12.1. The van der Waals surface area contributed by atoms with Gasteiger partial charge in [0, 0.05) is 49.5 Å². The molecule has 0 radical (unpaired) electrons. The smallest absolute Gasteiger partial charge is 0.251 e. The van der Waals surface area contributed by atoms with Crippen LogP contribution < -0.4 is 16.0 Å². The Morgan fingerprint density at radius 2 is 1.95 bits per heavy atom. The summed E-state index contributed by atoms with van der Waals surface area (Å²) in [5.41, 5.74) is 2.28. The molecule has 8 heteroatoms. The summed E-state index contributed by atoms with van der Waals surface area (Å²) >= 11 is 0. The summed E-state index contributed by atoms with van der Waals surface area (Å²) in [6.45, 7) is 4.50. The summed E-state index contributed by atoms with van der Waals surface area (Å²) < 4.78 is 0. The summed E-state index contributed by atoms with van der Waals surface area (Å²) in [5.74, 6) is -0.0992. The Hall–Kier alpha value is -1.34. The van der Waals surface area contributed by atoms with Crippen LogP contribution in [-0.2, 0) is 11.3 Å². The van der Waals surface area contributed by atoms with Gasteiger partial charge >= 0.3 is 0 Å². The molecule has 0 spiro atoms. The zero-order valence-electron chi connectivity index (χ0n) is 12.1. The van der Waals surface area contributed by atoms with Crippen LogP contribution in [0.15, 0.2) is 18.2 Å². The van der Waals surface area contributed by atoms with Crippen molar-refractivity contribution in [2.24, 2.45) is 0 Å². The Balaban J connectivity index is 0.00000121. The zero-order valence-corrected chi connectivity index (χ0v) is 13.7. The van der Waals surface area contributed by atoms with Crippen molar-refractivity contribution in [2.75, 3.05) is 38.0 Å². The lowest BCUT2D eigenvalue weighted by molar-refractivity contribution is -0.117. The molecule has 2 amide bonds. The normalized spacial score (nSPS) is 16.8. The monoisotopic (exact) mass is 346 g/mol. The van der Waals surface area contributed by atoms with Gasteiger partial charge in [-0.15, -0.1) is 24.8 Å². The zero-order chi connectivity index (χ0) is 13.9. The van der Waals surface area contributed by atoms with Crippen molar-refractivity contribution < 1.29 is 9.59 Å². The van der Waals surface area contributed by atoms with Crippen molar-refractivity contribution in [3.05, 3.63) is 29.3 Å². The first-order chi connectivity index (χ1) is 9.74. The molecule has 3 N–H and O–H groups in total. The average Bonchev–Trinajstić information content (AvgIpc) is 2.83. The number of halogens is 2. The lowest BCUT2D eigenvalue weighted by Crippen LogP contribution is -2.46. The molecule has 0 bridgehead atoms. The fraction of sp³-hybridized carbons (Fsp3) is 0.429. The van der Waals surface area contributed by atoms with E-state index in [4.69, 9.17) is 0 Å². The van der Waals surface area contributed by atoms with Crippen LogP contribution in [0.5, 0.6) is 0 Å². The minimum Gasteiger partial charge on any atom is -0.348 e. The highest BCUT2D eigenvalue weighted by molar-refractivity contribution is 6.02. The topological polar surface area (TPSA) is 73.5 Å². The predicted molar refractivity (Wildman–Crippen MR) is 90.0 cm³/mol. The second kappa shape index (κ2) is 8.33. The van der Waals surface area contributed by atoms with Crippen LogP contribution in [0.1, 0.15) is 15.9 Å². The molecule has 1 aromatic rings. The first-order valence-corrected chi connectivity index (χ1v) is 6.87. The molecule has 2 heterocycles. The van der Waals surface area contributed by atoms with Gasteiger partial charge < -0.3 is 16.0 Å². The maximum atomic E-state index is 12.1. The van der Waals surface area contributed by atoms with Crippen molar-refractivity contribution in [1.29, 1.82) is 0 Å². The van der Waals surface area contributed by atoms with Crippen LogP contribution >= 0.6 is 24.8 Å². The SMILES string of the molecule is Cl.Cl.O=C(CN1CCNCC1)Nc1cccc2c1CNC2=O. The molecule has 0 saturated carbocycles. The Morgan fingerprint density at radius 3 is 2.68 bits per heavy atom. The van der Waals surface area contributed by atoms with E-state index in [0.717, 1.165) is 37.4 Å². The van der Waals surface area contributed by atoms with E-state index < -0.39 is 0 Å². The number of amides is 2. The minimum atomic E-state index is -0.0711. The largest absolute Gasteiger partial charge is 0.348 e. The number of hydrogen-bond acceptors (Lipinski definition) is 4. The molecule has 0 unspecified atom stereocenters. The molecule has 0 aliphatic carbocycles. The highest BCUT2D eigenvalue weighted by Crippen LogP contribution is 2.24. The number of piperazine rings is 1. The third-order valence-corrected chi connectivity index (χ3v) is 3.70. The fourth-order valence-electron chi connectivity index (χ4n) is 2.63. The van der Waals surface area contributed by atoms with Crippen molar-refractivity contribution in [2.45, 2.75) is 6.54 Å². The summed E-state index contributed by atoms with van der Waals surface area (Å²) in [5, 5.41) is 8.95. The quantitative estimate of drug-likeness (QED) is 0.750. The number of carbonyl (C=O) groups excluding carboxylic acids is 2. The number of rotatable bonds is 3. The first-order valence-electron chi connectivity index (χ1n) is 6.87. The number of carbonyl (C=O) groups is 2. The summed E-state index contributed by atoms with van der Waals surface area (Å²) in [4.78, 5) is 25.8. The van der Waals surface area contributed by atoms with E-state index in [-0.39, 0.29) is 36.6 Å². The van der Waals surface area contributed by atoms with E-state index in [1.54, 1.807) is 12.1 Å². The molecule has 6 nitrogen and oxygen atoms in total. The molecule has 1 aromatic carbocycles. The third-order valence-electron chi connectivity index (χ3n) is 3.70. The van der Waals surface area contributed by atoms with Crippen LogP contribution in [-0.4, -0.2) is 49.4 Å².